The molecule has 1 aromatic carbocycles. The molecule has 3 N–H and O–H groups in total. The molecular formula is C15H22N6. The highest BCUT2D eigenvalue weighted by molar-refractivity contribution is 5.62. The van der Waals surface area contributed by atoms with Crippen LogP contribution in [0.2, 0.25) is 0 Å². The van der Waals surface area contributed by atoms with Crippen molar-refractivity contribution in [2.75, 3.05) is 11.9 Å². The van der Waals surface area contributed by atoms with Gasteiger partial charge in [-0.2, -0.15) is 0 Å². The van der Waals surface area contributed by atoms with Gasteiger partial charge in [-0.3, -0.25) is 0 Å². The van der Waals surface area contributed by atoms with E-state index in [-0.39, 0.29) is 0 Å². The van der Waals surface area contributed by atoms with Gasteiger partial charge in [0.15, 0.2) is 5.82 Å². The Morgan fingerprint density at radius 1 is 1.33 bits per heavy atom. The van der Waals surface area contributed by atoms with E-state index in [4.69, 9.17) is 5.73 Å². The molecule has 0 saturated heterocycles. The van der Waals surface area contributed by atoms with E-state index in [1.807, 2.05) is 19.2 Å². The summed E-state index contributed by atoms with van der Waals surface area (Å²) in [6, 6.07) is 8.73. The fraction of sp³-hybridized carbons (Fsp3) is 0.533. The van der Waals surface area contributed by atoms with Gasteiger partial charge in [0, 0.05) is 24.3 Å². The van der Waals surface area contributed by atoms with Gasteiger partial charge in [-0.15, -0.1) is 5.10 Å². The van der Waals surface area contributed by atoms with Gasteiger partial charge in [0.25, 0.3) is 0 Å². The average Bonchev–Trinajstić information content (AvgIpc) is 2.94. The van der Waals surface area contributed by atoms with E-state index in [1.54, 1.807) is 4.68 Å². The van der Waals surface area contributed by atoms with Crippen LogP contribution in [0.1, 0.15) is 25.7 Å². The number of aryl methyl sites for hydroxylation is 1. The lowest BCUT2D eigenvalue weighted by atomic mass is 9.84. The topological polar surface area (TPSA) is 81.7 Å². The molecular weight excluding hydrogens is 264 g/mol. The molecule has 0 radical (unpaired) electrons. The zero-order valence-electron chi connectivity index (χ0n) is 12.4. The van der Waals surface area contributed by atoms with Crippen molar-refractivity contribution < 1.29 is 0 Å². The summed E-state index contributed by atoms with van der Waals surface area (Å²) in [6.07, 6.45) is 4.99. The Morgan fingerprint density at radius 3 is 2.95 bits per heavy atom. The first-order chi connectivity index (χ1) is 10.3. The van der Waals surface area contributed by atoms with Crippen LogP contribution in [0.3, 0.4) is 0 Å². The summed E-state index contributed by atoms with van der Waals surface area (Å²) in [6.45, 7) is 0.755. The minimum Gasteiger partial charge on any atom is -0.382 e. The van der Waals surface area contributed by atoms with Gasteiger partial charge >= 0.3 is 0 Å². The molecule has 21 heavy (non-hydrogen) atoms. The number of nitrogens with two attached hydrogens (primary N) is 1. The Bertz CT molecular complexity index is 593. The third-order valence-electron chi connectivity index (χ3n) is 4.30. The van der Waals surface area contributed by atoms with Gasteiger partial charge in [-0.1, -0.05) is 25.0 Å². The van der Waals surface area contributed by atoms with Gasteiger partial charge in [0.1, 0.15) is 0 Å². The number of nitrogens with zero attached hydrogens (tertiary/aromatic N) is 4. The number of anilines is 1. The number of tetrazole rings is 1. The molecule has 2 atom stereocenters. The number of rotatable bonds is 4. The first kappa shape index (κ1) is 14.0. The maximum Gasteiger partial charge on any atom is 0.181 e. The Kier molecular flexibility index (Phi) is 4.15. The molecule has 6 nitrogen and oxygen atoms in total. The second-order valence-electron chi connectivity index (χ2n) is 5.74. The van der Waals surface area contributed by atoms with Crippen LogP contribution in [0.4, 0.5) is 5.69 Å². The summed E-state index contributed by atoms with van der Waals surface area (Å²) < 4.78 is 1.68. The monoisotopic (exact) mass is 286 g/mol. The van der Waals surface area contributed by atoms with E-state index in [9.17, 15) is 0 Å². The molecule has 2 aromatic rings. The SMILES string of the molecule is Cn1nnnc1-c1cccc(NC2CCCCC2CN)c1. The molecule has 1 aliphatic carbocycles. The van der Waals surface area contributed by atoms with E-state index < -0.39 is 0 Å². The standard InChI is InChI=1S/C15H22N6/c1-21-15(18-19-20-21)11-6-4-7-13(9-11)17-14-8-3-2-5-12(14)10-16/h4,6-7,9,12,14,17H,2-3,5,8,10,16H2,1H3. The molecule has 112 valence electrons. The summed E-state index contributed by atoms with van der Waals surface area (Å²) in [5, 5.41) is 15.3. The van der Waals surface area contributed by atoms with Crippen molar-refractivity contribution in [1.29, 1.82) is 0 Å². The molecule has 1 saturated carbocycles. The second-order valence-corrected chi connectivity index (χ2v) is 5.74. The molecule has 1 fully saturated rings. The fourth-order valence-electron chi connectivity index (χ4n) is 3.12. The first-order valence-electron chi connectivity index (χ1n) is 7.57. The molecule has 0 bridgehead atoms. The van der Waals surface area contributed by atoms with Crippen molar-refractivity contribution in [3.63, 3.8) is 0 Å². The van der Waals surface area contributed by atoms with Crippen molar-refractivity contribution >= 4 is 5.69 Å². The van der Waals surface area contributed by atoms with Crippen LogP contribution < -0.4 is 11.1 Å². The number of aromatic nitrogens is 4. The Labute approximate surface area is 124 Å². The Balaban J connectivity index is 1.78. The maximum atomic E-state index is 5.90. The van der Waals surface area contributed by atoms with E-state index in [1.165, 1.54) is 25.7 Å². The zero-order valence-corrected chi connectivity index (χ0v) is 12.4. The zero-order chi connectivity index (χ0) is 14.7. The molecule has 2 unspecified atom stereocenters. The van der Waals surface area contributed by atoms with E-state index in [0.29, 0.717) is 12.0 Å². The van der Waals surface area contributed by atoms with Crippen LogP contribution in [0, 0.1) is 5.92 Å². The summed E-state index contributed by atoms with van der Waals surface area (Å²) in [5.74, 6) is 1.34. The van der Waals surface area contributed by atoms with E-state index in [0.717, 1.165) is 23.6 Å². The van der Waals surface area contributed by atoms with Crippen LogP contribution in [0.15, 0.2) is 24.3 Å². The molecule has 0 aliphatic heterocycles. The van der Waals surface area contributed by atoms with Gasteiger partial charge < -0.3 is 11.1 Å². The first-order valence-corrected chi connectivity index (χ1v) is 7.57. The smallest absolute Gasteiger partial charge is 0.181 e. The quantitative estimate of drug-likeness (QED) is 0.895. The molecule has 0 spiro atoms. The molecule has 3 rings (SSSR count). The number of nitrogens with one attached hydrogen (secondary N) is 1. The van der Waals surface area contributed by atoms with Crippen molar-refractivity contribution in [3.05, 3.63) is 24.3 Å². The molecule has 1 aromatic heterocycles. The predicted octanol–water partition coefficient (Wildman–Crippen LogP) is 1.81. The van der Waals surface area contributed by atoms with Crippen LogP contribution in [0.5, 0.6) is 0 Å². The van der Waals surface area contributed by atoms with Crippen LogP contribution in [0.25, 0.3) is 11.4 Å². The second kappa shape index (κ2) is 6.22. The van der Waals surface area contributed by atoms with E-state index >= 15 is 0 Å². The van der Waals surface area contributed by atoms with Crippen LogP contribution in [-0.2, 0) is 7.05 Å². The Morgan fingerprint density at radius 2 is 2.19 bits per heavy atom. The summed E-state index contributed by atoms with van der Waals surface area (Å²) in [4.78, 5) is 0. The van der Waals surface area contributed by atoms with Crippen molar-refractivity contribution in [2.24, 2.45) is 18.7 Å². The minimum atomic E-state index is 0.469. The number of hydrogen-bond acceptors (Lipinski definition) is 5. The van der Waals surface area contributed by atoms with Gasteiger partial charge in [-0.25, -0.2) is 4.68 Å². The normalized spacial score (nSPS) is 22.2. The summed E-state index contributed by atoms with van der Waals surface area (Å²) in [5.41, 5.74) is 8.04. The molecule has 1 aliphatic rings. The summed E-state index contributed by atoms with van der Waals surface area (Å²) in [7, 11) is 1.85. The maximum absolute atomic E-state index is 5.90. The lowest BCUT2D eigenvalue weighted by molar-refractivity contribution is 0.332. The largest absolute Gasteiger partial charge is 0.382 e. The molecule has 6 heteroatoms. The van der Waals surface area contributed by atoms with E-state index in [2.05, 4.69) is 33.0 Å². The predicted molar refractivity (Wildman–Crippen MR) is 82.7 cm³/mol. The fourth-order valence-corrected chi connectivity index (χ4v) is 3.12. The van der Waals surface area contributed by atoms with Crippen LogP contribution in [-0.4, -0.2) is 32.8 Å². The minimum absolute atomic E-state index is 0.469. The lowest BCUT2D eigenvalue weighted by Crippen LogP contribution is -2.36. The lowest BCUT2D eigenvalue weighted by Gasteiger charge is -2.32. The highest BCUT2D eigenvalue weighted by atomic mass is 15.5. The van der Waals surface area contributed by atoms with Crippen LogP contribution >= 0.6 is 0 Å². The molecule has 0 amide bonds. The molecule has 1 heterocycles. The number of benzene rings is 1. The van der Waals surface area contributed by atoms with Crippen molar-refractivity contribution in [1.82, 2.24) is 20.2 Å². The van der Waals surface area contributed by atoms with Gasteiger partial charge in [0.05, 0.1) is 0 Å². The van der Waals surface area contributed by atoms with Crippen molar-refractivity contribution in [2.45, 2.75) is 31.7 Å². The van der Waals surface area contributed by atoms with Gasteiger partial charge in [-0.05, 0) is 47.9 Å². The third-order valence-corrected chi connectivity index (χ3v) is 4.30. The third kappa shape index (κ3) is 3.05. The van der Waals surface area contributed by atoms with Gasteiger partial charge in [0.2, 0.25) is 0 Å². The highest BCUT2D eigenvalue weighted by Gasteiger charge is 2.23. The summed E-state index contributed by atoms with van der Waals surface area (Å²) >= 11 is 0. The highest BCUT2D eigenvalue weighted by Crippen LogP contribution is 2.28. The van der Waals surface area contributed by atoms with Crippen molar-refractivity contribution in [3.8, 4) is 11.4 Å². The Hall–Kier alpha value is -1.95. The average molecular weight is 286 g/mol. The number of hydrogen-bond donors (Lipinski definition) is 2.